The van der Waals surface area contributed by atoms with E-state index in [1.807, 2.05) is 0 Å². The Hall–Kier alpha value is -2.23. The number of rotatable bonds is 6. The lowest BCUT2D eigenvalue weighted by Crippen LogP contribution is -2.42. The number of nitrogens with one attached hydrogen (secondary N) is 2. The number of hydrogen-bond donors (Lipinski definition) is 2. The molecule has 1 unspecified atom stereocenters. The Morgan fingerprint density at radius 1 is 1.33 bits per heavy atom. The standard InChI is InChI=1S/C16H15FIN3O3/c1-10(15(22)21-18)20-16(23)12-5-6-14(19-8-12)24-9-11-3-2-4-13(17)7-11/h2-8,10H,9H2,1H3,(H,20,23)(H,21,22). The zero-order valence-corrected chi connectivity index (χ0v) is 14.9. The minimum absolute atomic E-state index is 0.170. The van der Waals surface area contributed by atoms with E-state index < -0.39 is 11.9 Å². The molecule has 0 radical (unpaired) electrons. The molecule has 0 aliphatic carbocycles. The molecule has 0 aliphatic rings. The van der Waals surface area contributed by atoms with Crippen LogP contribution < -0.4 is 13.6 Å². The molecule has 2 amide bonds. The highest BCUT2D eigenvalue weighted by molar-refractivity contribution is 14.1. The summed E-state index contributed by atoms with van der Waals surface area (Å²) in [6, 6.07) is 8.50. The van der Waals surface area contributed by atoms with Crippen molar-refractivity contribution in [2.24, 2.45) is 0 Å². The number of nitrogens with zero attached hydrogens (tertiary/aromatic N) is 1. The normalized spacial score (nSPS) is 11.5. The van der Waals surface area contributed by atoms with Crippen molar-refractivity contribution in [2.75, 3.05) is 0 Å². The lowest BCUT2D eigenvalue weighted by Gasteiger charge is -2.11. The molecule has 6 nitrogen and oxygen atoms in total. The van der Waals surface area contributed by atoms with Gasteiger partial charge in [0.15, 0.2) is 0 Å². The fourth-order valence-corrected chi connectivity index (χ4v) is 2.28. The lowest BCUT2D eigenvalue weighted by atomic mass is 10.2. The van der Waals surface area contributed by atoms with Crippen molar-refractivity contribution >= 4 is 34.7 Å². The maximum atomic E-state index is 13.1. The number of halogens is 2. The van der Waals surface area contributed by atoms with Gasteiger partial charge in [-0.25, -0.2) is 9.37 Å². The zero-order chi connectivity index (χ0) is 17.5. The Kier molecular flexibility index (Phi) is 6.47. The van der Waals surface area contributed by atoms with Crippen molar-refractivity contribution < 1.29 is 18.7 Å². The number of benzene rings is 1. The summed E-state index contributed by atoms with van der Waals surface area (Å²) < 4.78 is 20.9. The minimum atomic E-state index is -0.654. The molecule has 0 saturated heterocycles. The predicted octanol–water partition coefficient (Wildman–Crippen LogP) is 2.38. The average molecular weight is 443 g/mol. The summed E-state index contributed by atoms with van der Waals surface area (Å²) in [7, 11) is 0. The van der Waals surface area contributed by atoms with Crippen molar-refractivity contribution in [3.8, 4) is 5.88 Å². The predicted molar refractivity (Wildman–Crippen MR) is 94.1 cm³/mol. The Morgan fingerprint density at radius 3 is 2.75 bits per heavy atom. The van der Waals surface area contributed by atoms with Gasteiger partial charge < -0.3 is 10.1 Å². The number of aromatic nitrogens is 1. The fraction of sp³-hybridized carbons (Fsp3) is 0.188. The summed E-state index contributed by atoms with van der Waals surface area (Å²) in [6.45, 7) is 1.75. The molecule has 1 aromatic carbocycles. The van der Waals surface area contributed by atoms with Crippen LogP contribution in [0.4, 0.5) is 4.39 Å². The van der Waals surface area contributed by atoms with Crippen molar-refractivity contribution in [3.63, 3.8) is 0 Å². The van der Waals surface area contributed by atoms with Crippen LogP contribution in [0.2, 0.25) is 0 Å². The van der Waals surface area contributed by atoms with Crippen LogP contribution in [-0.2, 0) is 11.4 Å². The molecule has 126 valence electrons. The minimum Gasteiger partial charge on any atom is -0.473 e. The first-order chi connectivity index (χ1) is 11.5. The number of carbonyl (C=O) groups excluding carboxylic acids is 2. The molecule has 0 aliphatic heterocycles. The monoisotopic (exact) mass is 443 g/mol. The molecule has 24 heavy (non-hydrogen) atoms. The van der Waals surface area contributed by atoms with Gasteiger partial charge in [0.1, 0.15) is 18.5 Å². The van der Waals surface area contributed by atoms with E-state index in [0.717, 1.165) is 0 Å². The van der Waals surface area contributed by atoms with E-state index in [2.05, 4.69) is 13.8 Å². The summed E-state index contributed by atoms with van der Waals surface area (Å²) in [6.07, 6.45) is 1.35. The van der Waals surface area contributed by atoms with Crippen LogP contribution >= 0.6 is 22.9 Å². The van der Waals surface area contributed by atoms with Crippen LogP contribution in [-0.4, -0.2) is 22.8 Å². The SMILES string of the molecule is CC(NC(=O)c1ccc(OCc2cccc(F)c2)nc1)C(=O)NI. The Balaban J connectivity index is 1.92. The molecule has 0 saturated carbocycles. The van der Waals surface area contributed by atoms with Gasteiger partial charge in [0.05, 0.1) is 28.4 Å². The van der Waals surface area contributed by atoms with Crippen LogP contribution in [0.3, 0.4) is 0 Å². The first-order valence-corrected chi connectivity index (χ1v) is 8.12. The summed E-state index contributed by atoms with van der Waals surface area (Å²) in [5, 5.41) is 2.55. The van der Waals surface area contributed by atoms with E-state index in [-0.39, 0.29) is 18.3 Å². The highest BCUT2D eigenvalue weighted by Gasteiger charge is 2.15. The van der Waals surface area contributed by atoms with E-state index in [9.17, 15) is 14.0 Å². The summed E-state index contributed by atoms with van der Waals surface area (Å²) in [5.41, 5.74) is 0.985. The van der Waals surface area contributed by atoms with Crippen molar-refractivity contribution in [2.45, 2.75) is 19.6 Å². The number of hydrogen-bond acceptors (Lipinski definition) is 4. The van der Waals surface area contributed by atoms with Gasteiger partial charge in [-0.05, 0) is 30.7 Å². The van der Waals surface area contributed by atoms with Crippen molar-refractivity contribution in [3.05, 3.63) is 59.5 Å². The quantitative estimate of drug-likeness (QED) is 0.531. The number of amides is 2. The largest absolute Gasteiger partial charge is 0.473 e. The molecule has 0 fully saturated rings. The topological polar surface area (TPSA) is 80.3 Å². The first-order valence-electron chi connectivity index (χ1n) is 7.04. The average Bonchev–Trinajstić information content (AvgIpc) is 2.59. The van der Waals surface area contributed by atoms with Gasteiger partial charge in [-0.3, -0.25) is 13.1 Å². The van der Waals surface area contributed by atoms with Gasteiger partial charge in [-0.15, -0.1) is 0 Å². The number of pyridine rings is 1. The summed E-state index contributed by atoms with van der Waals surface area (Å²) in [5.74, 6) is -0.728. The molecule has 8 heteroatoms. The van der Waals surface area contributed by atoms with Crippen LogP contribution in [0.15, 0.2) is 42.6 Å². The molecule has 2 rings (SSSR count). The van der Waals surface area contributed by atoms with Crippen LogP contribution in [0, 0.1) is 5.82 Å². The van der Waals surface area contributed by atoms with Gasteiger partial charge >= 0.3 is 0 Å². The zero-order valence-electron chi connectivity index (χ0n) is 12.8. The summed E-state index contributed by atoms with van der Waals surface area (Å²) in [4.78, 5) is 27.4. The van der Waals surface area contributed by atoms with Gasteiger partial charge in [0, 0.05) is 12.3 Å². The van der Waals surface area contributed by atoms with Crippen molar-refractivity contribution in [1.82, 2.24) is 13.8 Å². The maximum Gasteiger partial charge on any atom is 0.253 e. The third-order valence-corrected chi connectivity index (χ3v) is 3.64. The Bertz CT molecular complexity index is 725. The van der Waals surface area contributed by atoms with E-state index in [4.69, 9.17) is 4.74 Å². The van der Waals surface area contributed by atoms with Crippen LogP contribution in [0.1, 0.15) is 22.8 Å². The molecular weight excluding hydrogens is 428 g/mol. The molecule has 1 atom stereocenters. The van der Waals surface area contributed by atoms with Gasteiger partial charge in [-0.1, -0.05) is 12.1 Å². The second kappa shape index (κ2) is 8.57. The highest BCUT2D eigenvalue weighted by Crippen LogP contribution is 2.11. The van der Waals surface area contributed by atoms with E-state index >= 15 is 0 Å². The maximum absolute atomic E-state index is 13.1. The smallest absolute Gasteiger partial charge is 0.253 e. The number of carbonyl (C=O) groups is 2. The Labute approximate surface area is 152 Å². The first kappa shape index (κ1) is 18.1. The fourth-order valence-electron chi connectivity index (χ4n) is 1.81. The molecule has 1 heterocycles. The number of ether oxygens (including phenoxy) is 1. The van der Waals surface area contributed by atoms with Gasteiger partial charge in [0.2, 0.25) is 5.88 Å². The Morgan fingerprint density at radius 2 is 2.12 bits per heavy atom. The van der Waals surface area contributed by atoms with Crippen LogP contribution in [0.25, 0.3) is 0 Å². The molecule has 0 spiro atoms. The highest BCUT2D eigenvalue weighted by atomic mass is 127. The second-order valence-electron chi connectivity index (χ2n) is 4.96. The van der Waals surface area contributed by atoms with Crippen LogP contribution in [0.5, 0.6) is 5.88 Å². The van der Waals surface area contributed by atoms with E-state index in [1.54, 1.807) is 41.9 Å². The molecule has 1 aromatic heterocycles. The molecule has 0 bridgehead atoms. The molecule has 2 aromatic rings. The van der Waals surface area contributed by atoms with Gasteiger partial charge in [-0.2, -0.15) is 0 Å². The van der Waals surface area contributed by atoms with E-state index in [0.29, 0.717) is 17.0 Å². The third-order valence-electron chi connectivity index (χ3n) is 3.11. The van der Waals surface area contributed by atoms with Crippen molar-refractivity contribution in [1.29, 1.82) is 0 Å². The molecular formula is C16H15FIN3O3. The van der Waals surface area contributed by atoms with E-state index in [1.165, 1.54) is 30.5 Å². The second-order valence-corrected chi connectivity index (χ2v) is 5.50. The lowest BCUT2D eigenvalue weighted by molar-refractivity contribution is -0.120. The summed E-state index contributed by atoms with van der Waals surface area (Å²) >= 11 is 1.71. The van der Waals surface area contributed by atoms with Gasteiger partial charge in [0.25, 0.3) is 11.8 Å². The third kappa shape index (κ3) is 5.15. The molecule has 2 N–H and O–H groups in total.